The first-order chi connectivity index (χ1) is 14.4. The van der Waals surface area contributed by atoms with E-state index in [0.717, 1.165) is 5.69 Å². The van der Waals surface area contributed by atoms with Crippen LogP contribution in [0.15, 0.2) is 51.7 Å². The van der Waals surface area contributed by atoms with Crippen molar-refractivity contribution < 1.29 is 19.1 Å². The summed E-state index contributed by atoms with van der Waals surface area (Å²) in [5, 5.41) is 13.1. The number of fused-ring (bicyclic) bond motifs is 1. The van der Waals surface area contributed by atoms with Crippen molar-refractivity contribution in [2.45, 2.75) is 13.0 Å². The number of anilines is 2. The molecule has 0 spiro atoms. The van der Waals surface area contributed by atoms with E-state index in [1.807, 2.05) is 24.0 Å². The molecule has 2 aromatic carbocycles. The first-order valence-electron chi connectivity index (χ1n) is 9.72. The minimum atomic E-state index is -1.11. The summed E-state index contributed by atoms with van der Waals surface area (Å²) in [6.07, 6.45) is 0. The van der Waals surface area contributed by atoms with Gasteiger partial charge in [-0.3, -0.25) is 4.79 Å². The summed E-state index contributed by atoms with van der Waals surface area (Å²) >= 11 is 0. The van der Waals surface area contributed by atoms with E-state index < -0.39 is 5.97 Å². The standard InChI is InChI=1S/C22H21BN2O5/c1-13(24-16-4-2-3-15(23)11-16)17-9-14(22(27)28)10-18-19(26)12-20(30-21(17)18)25-5-7-29-8-6-25/h2-4,9-13,24H,5-8H2,1H3,(H,27,28). The molecule has 1 aliphatic heterocycles. The van der Waals surface area contributed by atoms with Crippen LogP contribution in [0.2, 0.25) is 0 Å². The number of hydrogen-bond donors (Lipinski definition) is 2. The topological polar surface area (TPSA) is 92.0 Å². The van der Waals surface area contributed by atoms with Crippen LogP contribution in [-0.4, -0.2) is 45.2 Å². The third-order valence-electron chi connectivity index (χ3n) is 5.15. The van der Waals surface area contributed by atoms with Crippen LogP contribution in [0.25, 0.3) is 11.0 Å². The van der Waals surface area contributed by atoms with E-state index in [-0.39, 0.29) is 22.4 Å². The largest absolute Gasteiger partial charge is 0.478 e. The van der Waals surface area contributed by atoms with Crippen molar-refractivity contribution in [1.29, 1.82) is 0 Å². The Morgan fingerprint density at radius 2 is 1.97 bits per heavy atom. The van der Waals surface area contributed by atoms with Gasteiger partial charge >= 0.3 is 5.97 Å². The molecule has 152 valence electrons. The second-order valence-electron chi connectivity index (χ2n) is 7.29. The zero-order valence-corrected chi connectivity index (χ0v) is 16.6. The minimum absolute atomic E-state index is 0.0325. The number of ether oxygens (including phenoxy) is 1. The molecule has 2 radical (unpaired) electrons. The van der Waals surface area contributed by atoms with Gasteiger partial charge in [0.15, 0.2) is 11.3 Å². The van der Waals surface area contributed by atoms with Crippen molar-refractivity contribution in [3.8, 4) is 0 Å². The van der Waals surface area contributed by atoms with Crippen LogP contribution in [0, 0.1) is 0 Å². The first kappa shape index (κ1) is 20.0. The molecule has 7 nitrogen and oxygen atoms in total. The highest BCUT2D eigenvalue weighted by molar-refractivity contribution is 6.32. The highest BCUT2D eigenvalue weighted by Gasteiger charge is 2.21. The fraction of sp³-hybridized carbons (Fsp3) is 0.273. The summed E-state index contributed by atoms with van der Waals surface area (Å²) in [5.74, 6) is -0.651. The Kier molecular flexibility index (Phi) is 5.50. The molecule has 1 atom stereocenters. The molecule has 8 heteroatoms. The average molecular weight is 404 g/mol. The van der Waals surface area contributed by atoms with Crippen LogP contribution in [0.3, 0.4) is 0 Å². The van der Waals surface area contributed by atoms with Gasteiger partial charge in [0.1, 0.15) is 13.4 Å². The highest BCUT2D eigenvalue weighted by Crippen LogP contribution is 2.30. The Morgan fingerprint density at radius 1 is 1.20 bits per heavy atom. The molecule has 2 N–H and O–H groups in total. The fourth-order valence-corrected chi connectivity index (χ4v) is 3.61. The minimum Gasteiger partial charge on any atom is -0.478 e. The second-order valence-corrected chi connectivity index (χ2v) is 7.29. The molecule has 1 aromatic heterocycles. The average Bonchev–Trinajstić information content (AvgIpc) is 2.73. The Balaban J connectivity index is 1.83. The highest BCUT2D eigenvalue weighted by atomic mass is 16.5. The van der Waals surface area contributed by atoms with Crippen molar-refractivity contribution in [2.75, 3.05) is 36.5 Å². The third-order valence-corrected chi connectivity index (χ3v) is 5.15. The lowest BCUT2D eigenvalue weighted by Crippen LogP contribution is -2.36. The number of rotatable bonds is 5. The number of aromatic carboxylic acids is 1. The van der Waals surface area contributed by atoms with Gasteiger partial charge in [-0.15, -0.1) is 0 Å². The zero-order valence-electron chi connectivity index (χ0n) is 16.6. The van der Waals surface area contributed by atoms with Crippen LogP contribution in [0.5, 0.6) is 0 Å². The number of carboxylic acid groups (broad SMARTS) is 1. The fourth-order valence-electron chi connectivity index (χ4n) is 3.61. The second kappa shape index (κ2) is 8.24. The number of benzene rings is 2. The molecule has 4 rings (SSSR count). The number of nitrogens with zero attached hydrogens (tertiary/aromatic N) is 1. The molecule has 3 aromatic rings. The molecule has 30 heavy (non-hydrogen) atoms. The number of hydrogen-bond acceptors (Lipinski definition) is 6. The summed E-state index contributed by atoms with van der Waals surface area (Å²) in [7, 11) is 5.86. The maximum atomic E-state index is 12.8. The quantitative estimate of drug-likeness (QED) is 0.631. The molecule has 1 saturated heterocycles. The van der Waals surface area contributed by atoms with Crippen LogP contribution in [-0.2, 0) is 4.74 Å². The normalized spacial score (nSPS) is 15.2. The Bertz CT molecular complexity index is 1150. The summed E-state index contributed by atoms with van der Waals surface area (Å²) in [4.78, 5) is 26.5. The van der Waals surface area contributed by atoms with E-state index in [1.54, 1.807) is 18.2 Å². The Labute approximate surface area is 174 Å². The van der Waals surface area contributed by atoms with Gasteiger partial charge in [-0.1, -0.05) is 17.6 Å². The van der Waals surface area contributed by atoms with Gasteiger partial charge in [-0.05, 0) is 31.2 Å². The van der Waals surface area contributed by atoms with Crippen molar-refractivity contribution in [1.82, 2.24) is 0 Å². The molecule has 1 fully saturated rings. The molecule has 0 saturated carbocycles. The number of nitrogens with one attached hydrogen (secondary N) is 1. The van der Waals surface area contributed by atoms with Crippen molar-refractivity contribution in [3.05, 3.63) is 63.8 Å². The number of carboxylic acids is 1. The van der Waals surface area contributed by atoms with Gasteiger partial charge in [0.25, 0.3) is 0 Å². The monoisotopic (exact) mass is 404 g/mol. The van der Waals surface area contributed by atoms with Gasteiger partial charge in [-0.2, -0.15) is 0 Å². The van der Waals surface area contributed by atoms with Gasteiger partial charge in [0.2, 0.25) is 0 Å². The van der Waals surface area contributed by atoms with E-state index in [4.69, 9.17) is 17.0 Å². The molecule has 1 unspecified atom stereocenters. The number of morpholine rings is 1. The Morgan fingerprint density at radius 3 is 2.67 bits per heavy atom. The summed E-state index contributed by atoms with van der Waals surface area (Å²) in [6.45, 7) is 4.23. The van der Waals surface area contributed by atoms with Gasteiger partial charge in [0.05, 0.1) is 30.2 Å². The molecule has 2 heterocycles. The van der Waals surface area contributed by atoms with E-state index >= 15 is 0 Å². The molecule has 1 aliphatic rings. The van der Waals surface area contributed by atoms with Crippen molar-refractivity contribution in [2.24, 2.45) is 0 Å². The van der Waals surface area contributed by atoms with E-state index in [1.165, 1.54) is 12.1 Å². The van der Waals surface area contributed by atoms with E-state index in [2.05, 4.69) is 5.32 Å². The lowest BCUT2D eigenvalue weighted by molar-refractivity contribution is 0.0697. The van der Waals surface area contributed by atoms with Crippen LogP contribution < -0.4 is 21.1 Å². The summed E-state index contributed by atoms with van der Waals surface area (Å²) in [5.41, 5.74) is 2.10. The van der Waals surface area contributed by atoms with Gasteiger partial charge in [-0.25, -0.2) is 4.79 Å². The lowest BCUT2D eigenvalue weighted by atomic mass is 9.95. The first-order valence-corrected chi connectivity index (χ1v) is 9.72. The third kappa shape index (κ3) is 4.04. The number of carbonyl (C=O) groups is 1. The van der Waals surface area contributed by atoms with Gasteiger partial charge in [0, 0.05) is 30.4 Å². The predicted molar refractivity (Wildman–Crippen MR) is 116 cm³/mol. The van der Waals surface area contributed by atoms with E-state index in [9.17, 15) is 14.7 Å². The molecular formula is C22H21BN2O5. The van der Waals surface area contributed by atoms with E-state index in [0.29, 0.717) is 48.8 Å². The van der Waals surface area contributed by atoms with Crippen LogP contribution in [0.4, 0.5) is 11.6 Å². The van der Waals surface area contributed by atoms with Crippen molar-refractivity contribution >= 4 is 41.8 Å². The maximum absolute atomic E-state index is 12.8. The summed E-state index contributed by atoms with van der Waals surface area (Å²) < 4.78 is 11.5. The smallest absolute Gasteiger partial charge is 0.335 e. The van der Waals surface area contributed by atoms with Gasteiger partial charge < -0.3 is 24.5 Å². The molecular weight excluding hydrogens is 383 g/mol. The predicted octanol–water partition coefficient (Wildman–Crippen LogP) is 2.29. The lowest BCUT2D eigenvalue weighted by Gasteiger charge is -2.27. The zero-order chi connectivity index (χ0) is 21.3. The summed E-state index contributed by atoms with van der Waals surface area (Å²) in [6, 6.07) is 11.2. The maximum Gasteiger partial charge on any atom is 0.335 e. The SMILES string of the molecule is [B]c1cccc(NC(C)c2cc(C(=O)O)cc3c(=O)cc(N4CCOCC4)oc23)c1. The molecule has 0 bridgehead atoms. The van der Waals surface area contributed by atoms with Crippen LogP contribution >= 0.6 is 0 Å². The molecule has 0 amide bonds. The van der Waals surface area contributed by atoms with Crippen molar-refractivity contribution in [3.63, 3.8) is 0 Å². The van der Waals surface area contributed by atoms with Crippen LogP contribution in [0.1, 0.15) is 28.9 Å². The molecule has 0 aliphatic carbocycles. The Hall–Kier alpha value is -3.26.